The highest BCUT2D eigenvalue weighted by Gasteiger charge is 2.47. The molecule has 2 saturated heterocycles. The van der Waals surface area contributed by atoms with Crippen LogP contribution in [0.1, 0.15) is 24.8 Å². The molecule has 0 unspecified atom stereocenters. The lowest BCUT2D eigenvalue weighted by atomic mass is 9.69. The Hall–Kier alpha value is -1.59. The van der Waals surface area contributed by atoms with Crippen molar-refractivity contribution in [2.24, 2.45) is 5.41 Å². The molecule has 0 aliphatic carbocycles. The molecule has 0 bridgehead atoms. The second kappa shape index (κ2) is 7.11. The van der Waals surface area contributed by atoms with E-state index in [9.17, 15) is 9.90 Å². The predicted molar refractivity (Wildman–Crippen MR) is 93.1 cm³/mol. The molecule has 0 saturated carbocycles. The first-order chi connectivity index (χ1) is 11.6. The smallest absolute Gasteiger partial charge is 0.227 e. The molecule has 1 N–H and O–H groups in total. The van der Waals surface area contributed by atoms with Gasteiger partial charge in [0.25, 0.3) is 0 Å². The predicted octanol–water partition coefficient (Wildman–Crippen LogP) is 1.54. The van der Waals surface area contributed by atoms with Gasteiger partial charge in [0.15, 0.2) is 0 Å². The summed E-state index contributed by atoms with van der Waals surface area (Å²) >= 11 is 0. The number of para-hydroxylation sites is 1. The summed E-state index contributed by atoms with van der Waals surface area (Å²) in [5, 5.41) is 9.98. The lowest BCUT2D eigenvalue weighted by Crippen LogP contribution is -2.62. The summed E-state index contributed by atoms with van der Waals surface area (Å²) in [5.41, 5.74) is 0.898. The van der Waals surface area contributed by atoms with Gasteiger partial charge in [0.2, 0.25) is 5.91 Å². The molecule has 0 spiro atoms. The standard InChI is InChI=1S/C19H28N2O3/c1-20-10-5-8-19(14-22)9-11-21(13-17(19)20)18(23)12-15-6-3-4-7-16(15)24-2/h3-4,6-7,17,22H,5,8-14H2,1-2H3/t17-,19-/m1/s1. The summed E-state index contributed by atoms with van der Waals surface area (Å²) in [6.45, 7) is 2.71. The quantitative estimate of drug-likeness (QED) is 0.909. The van der Waals surface area contributed by atoms with Crippen LogP contribution in [0.5, 0.6) is 5.75 Å². The molecule has 5 nitrogen and oxygen atoms in total. The van der Waals surface area contributed by atoms with E-state index in [-0.39, 0.29) is 24.0 Å². The number of aliphatic hydroxyl groups is 1. The second-order valence-electron chi connectivity index (χ2n) is 7.20. The fourth-order valence-electron chi connectivity index (χ4n) is 4.37. The maximum atomic E-state index is 12.8. The van der Waals surface area contributed by atoms with Crippen LogP contribution in [0, 0.1) is 5.41 Å². The number of benzene rings is 1. The zero-order valence-electron chi connectivity index (χ0n) is 14.7. The maximum absolute atomic E-state index is 12.8. The Morgan fingerprint density at radius 3 is 2.88 bits per heavy atom. The molecular formula is C19H28N2O3. The number of carbonyl (C=O) groups is 1. The van der Waals surface area contributed by atoms with E-state index in [0.29, 0.717) is 13.0 Å². The molecule has 0 radical (unpaired) electrons. The van der Waals surface area contributed by atoms with Crippen molar-refractivity contribution >= 4 is 5.91 Å². The third kappa shape index (κ3) is 3.15. The molecular weight excluding hydrogens is 304 g/mol. The van der Waals surface area contributed by atoms with Gasteiger partial charge in [0.1, 0.15) is 5.75 Å². The van der Waals surface area contributed by atoms with Crippen LogP contribution >= 0.6 is 0 Å². The Morgan fingerprint density at radius 2 is 2.12 bits per heavy atom. The molecule has 2 fully saturated rings. The molecule has 2 aliphatic heterocycles. The zero-order chi connectivity index (χ0) is 17.2. The number of ether oxygens (including phenoxy) is 1. The zero-order valence-corrected chi connectivity index (χ0v) is 14.7. The average Bonchev–Trinajstić information content (AvgIpc) is 2.62. The number of amides is 1. The molecule has 1 aromatic rings. The molecule has 1 aromatic carbocycles. The van der Waals surface area contributed by atoms with E-state index in [4.69, 9.17) is 4.74 Å². The van der Waals surface area contributed by atoms with E-state index in [1.807, 2.05) is 29.2 Å². The molecule has 2 atom stereocenters. The first-order valence-electron chi connectivity index (χ1n) is 8.80. The number of hydrogen-bond acceptors (Lipinski definition) is 4. The third-order valence-corrected chi connectivity index (χ3v) is 5.90. The van der Waals surface area contributed by atoms with Gasteiger partial charge in [-0.2, -0.15) is 0 Å². The van der Waals surface area contributed by atoms with Crippen LogP contribution < -0.4 is 4.74 Å². The number of piperidine rings is 2. The normalized spacial score (nSPS) is 27.6. The summed E-state index contributed by atoms with van der Waals surface area (Å²) in [6, 6.07) is 7.95. The van der Waals surface area contributed by atoms with Crippen LogP contribution in [0.4, 0.5) is 0 Å². The number of aliphatic hydroxyl groups excluding tert-OH is 1. The van der Waals surface area contributed by atoms with Gasteiger partial charge in [0.05, 0.1) is 20.1 Å². The summed E-state index contributed by atoms with van der Waals surface area (Å²) in [5.74, 6) is 0.910. The molecule has 2 heterocycles. The van der Waals surface area contributed by atoms with Crippen molar-refractivity contribution in [2.45, 2.75) is 31.7 Å². The molecule has 0 aromatic heterocycles. The number of hydrogen-bond donors (Lipinski definition) is 1. The van der Waals surface area contributed by atoms with Gasteiger partial charge in [-0.05, 0) is 38.9 Å². The molecule has 1 amide bonds. The molecule has 2 aliphatic rings. The minimum absolute atomic E-state index is 0.0335. The van der Waals surface area contributed by atoms with E-state index in [1.165, 1.54) is 0 Å². The third-order valence-electron chi connectivity index (χ3n) is 5.90. The second-order valence-corrected chi connectivity index (χ2v) is 7.20. The van der Waals surface area contributed by atoms with Gasteiger partial charge in [-0.3, -0.25) is 4.79 Å². The summed E-state index contributed by atoms with van der Waals surface area (Å²) in [6.07, 6.45) is 3.44. The molecule has 5 heteroatoms. The topological polar surface area (TPSA) is 53.0 Å². The first kappa shape index (κ1) is 17.2. The van der Waals surface area contributed by atoms with Crippen molar-refractivity contribution in [1.82, 2.24) is 9.80 Å². The SMILES string of the molecule is COc1ccccc1CC(=O)N1CC[C@@]2(CO)CCCN(C)[C@@H]2C1. The fraction of sp³-hybridized carbons (Fsp3) is 0.632. The Bertz CT molecular complexity index is 592. The van der Waals surface area contributed by atoms with Gasteiger partial charge in [-0.1, -0.05) is 18.2 Å². The van der Waals surface area contributed by atoms with Crippen LogP contribution in [0.3, 0.4) is 0 Å². The fourth-order valence-corrected chi connectivity index (χ4v) is 4.37. The average molecular weight is 332 g/mol. The highest BCUT2D eigenvalue weighted by Crippen LogP contribution is 2.41. The number of likely N-dealkylation sites (N-methyl/N-ethyl adjacent to an activating group) is 1. The van der Waals surface area contributed by atoms with Crippen LogP contribution in [0.25, 0.3) is 0 Å². The van der Waals surface area contributed by atoms with E-state index in [2.05, 4.69) is 11.9 Å². The lowest BCUT2D eigenvalue weighted by molar-refractivity contribution is -0.139. The minimum atomic E-state index is -0.0335. The number of nitrogens with zero attached hydrogens (tertiary/aromatic N) is 2. The van der Waals surface area contributed by atoms with Crippen molar-refractivity contribution in [1.29, 1.82) is 0 Å². The Kier molecular flexibility index (Phi) is 5.11. The number of fused-ring (bicyclic) bond motifs is 1. The van der Waals surface area contributed by atoms with E-state index < -0.39 is 0 Å². The molecule has 24 heavy (non-hydrogen) atoms. The van der Waals surface area contributed by atoms with Gasteiger partial charge < -0.3 is 19.6 Å². The summed E-state index contributed by atoms with van der Waals surface area (Å²) in [4.78, 5) is 17.1. The van der Waals surface area contributed by atoms with Gasteiger partial charge in [-0.15, -0.1) is 0 Å². The summed E-state index contributed by atoms with van der Waals surface area (Å²) in [7, 11) is 3.75. The Labute approximate surface area is 144 Å². The first-order valence-corrected chi connectivity index (χ1v) is 8.80. The maximum Gasteiger partial charge on any atom is 0.227 e. The monoisotopic (exact) mass is 332 g/mol. The van der Waals surface area contributed by atoms with E-state index in [0.717, 1.165) is 43.7 Å². The van der Waals surface area contributed by atoms with Crippen molar-refractivity contribution in [3.05, 3.63) is 29.8 Å². The van der Waals surface area contributed by atoms with Crippen LogP contribution in [0.15, 0.2) is 24.3 Å². The van der Waals surface area contributed by atoms with E-state index in [1.54, 1.807) is 7.11 Å². The summed E-state index contributed by atoms with van der Waals surface area (Å²) < 4.78 is 5.36. The van der Waals surface area contributed by atoms with Crippen LogP contribution in [0.2, 0.25) is 0 Å². The van der Waals surface area contributed by atoms with Crippen molar-refractivity contribution in [3.8, 4) is 5.75 Å². The van der Waals surface area contributed by atoms with Gasteiger partial charge >= 0.3 is 0 Å². The van der Waals surface area contributed by atoms with Crippen molar-refractivity contribution < 1.29 is 14.6 Å². The van der Waals surface area contributed by atoms with Gasteiger partial charge in [-0.25, -0.2) is 0 Å². The number of rotatable bonds is 4. The number of likely N-dealkylation sites (tertiary alicyclic amines) is 2. The van der Waals surface area contributed by atoms with Crippen LogP contribution in [-0.2, 0) is 11.2 Å². The Morgan fingerprint density at radius 1 is 1.33 bits per heavy atom. The van der Waals surface area contributed by atoms with E-state index >= 15 is 0 Å². The largest absolute Gasteiger partial charge is 0.496 e. The highest BCUT2D eigenvalue weighted by atomic mass is 16.5. The van der Waals surface area contributed by atoms with Crippen molar-refractivity contribution in [3.63, 3.8) is 0 Å². The number of carbonyl (C=O) groups excluding carboxylic acids is 1. The molecule has 3 rings (SSSR count). The number of methoxy groups -OCH3 is 1. The van der Waals surface area contributed by atoms with Crippen molar-refractivity contribution in [2.75, 3.05) is 40.4 Å². The van der Waals surface area contributed by atoms with Crippen LogP contribution in [-0.4, -0.2) is 67.3 Å². The molecule has 132 valence electrons. The Balaban J connectivity index is 1.71. The highest BCUT2D eigenvalue weighted by molar-refractivity contribution is 5.79. The van der Waals surface area contributed by atoms with Gasteiger partial charge in [0, 0.05) is 30.1 Å². The minimum Gasteiger partial charge on any atom is -0.496 e. The lowest BCUT2D eigenvalue weighted by Gasteiger charge is -2.53.